The number of aromatic carboxylic acids is 1. The average molecular weight is 366 g/mol. The third kappa shape index (κ3) is 3.75. The van der Waals surface area contributed by atoms with Crippen LogP contribution in [0, 0.1) is 0 Å². The normalized spacial score (nSPS) is 20.9. The van der Waals surface area contributed by atoms with Crippen molar-refractivity contribution < 1.29 is 28.5 Å². The summed E-state index contributed by atoms with van der Waals surface area (Å²) >= 11 is 0. The van der Waals surface area contributed by atoms with E-state index in [1.54, 1.807) is 18.2 Å². The monoisotopic (exact) mass is 366 g/mol. The number of benzene rings is 2. The Labute approximate surface area is 151 Å². The first kappa shape index (κ1) is 12.7. The predicted octanol–water partition coefficient (Wildman–Crippen LogP) is 2.42. The fourth-order valence-electron chi connectivity index (χ4n) is 2.36. The summed E-state index contributed by atoms with van der Waals surface area (Å²) in [4.78, 5) is 11.6. The van der Waals surface area contributed by atoms with E-state index in [9.17, 15) is 18.3 Å². The molecule has 3 rings (SSSR count). The van der Waals surface area contributed by atoms with Crippen molar-refractivity contribution in [3.05, 3.63) is 48.0 Å². The Morgan fingerprint density at radius 2 is 1.84 bits per heavy atom. The third-order valence-corrected chi connectivity index (χ3v) is 4.37. The standard InChI is InChI=1S/C17H18N2O5S/c18-25(22,23)15-11-12(17(20)21)10-14(19-8-4-5-9-19)16(15)24-13-6-2-1-3-7-13/h1-3,6-7,10-11H,4-5,8-9H2,(H,20,21)(H2,18,22,23)/i8D2,9D2. The molecule has 0 spiro atoms. The number of carboxylic acids is 1. The Kier molecular flexibility index (Phi) is 3.43. The Hall–Kier alpha value is -2.58. The molecule has 8 heteroatoms. The molecule has 0 radical (unpaired) electrons. The molecule has 0 aromatic heterocycles. The zero-order valence-electron chi connectivity index (χ0n) is 17.0. The number of rotatable bonds is 5. The van der Waals surface area contributed by atoms with Crippen molar-refractivity contribution in [3.63, 3.8) is 0 Å². The number of anilines is 1. The van der Waals surface area contributed by atoms with Crippen molar-refractivity contribution in [2.75, 3.05) is 17.9 Å². The van der Waals surface area contributed by atoms with Crippen LogP contribution < -0.4 is 14.8 Å². The number of hydrogen-bond donors (Lipinski definition) is 2. The lowest BCUT2D eigenvalue weighted by Gasteiger charge is -2.23. The van der Waals surface area contributed by atoms with E-state index in [1.165, 1.54) is 12.1 Å². The number of carbonyl (C=O) groups is 1. The van der Waals surface area contributed by atoms with E-state index in [-0.39, 0.29) is 24.3 Å². The van der Waals surface area contributed by atoms with Gasteiger partial charge in [0.25, 0.3) is 0 Å². The first-order valence-electron chi connectivity index (χ1n) is 9.30. The molecule has 25 heavy (non-hydrogen) atoms. The number of nitrogens with zero attached hydrogens (tertiary/aromatic N) is 1. The van der Waals surface area contributed by atoms with Gasteiger partial charge >= 0.3 is 5.97 Å². The Balaban J connectivity index is 2.35. The lowest BCUT2D eigenvalue weighted by molar-refractivity contribution is 0.0696. The summed E-state index contributed by atoms with van der Waals surface area (Å²) in [6.45, 7) is -4.43. The van der Waals surface area contributed by atoms with Crippen molar-refractivity contribution in [3.8, 4) is 11.5 Å². The first-order chi connectivity index (χ1) is 13.3. The third-order valence-electron chi connectivity index (χ3n) is 3.46. The highest BCUT2D eigenvalue weighted by Crippen LogP contribution is 2.40. The number of para-hydroxylation sites is 1. The Bertz CT molecular complexity index is 1040. The zero-order valence-corrected chi connectivity index (χ0v) is 13.8. The van der Waals surface area contributed by atoms with Crippen molar-refractivity contribution in [2.45, 2.75) is 17.7 Å². The van der Waals surface area contributed by atoms with Gasteiger partial charge in [-0.25, -0.2) is 18.4 Å². The summed E-state index contributed by atoms with van der Waals surface area (Å²) in [6.07, 6.45) is -0.375. The zero-order chi connectivity index (χ0) is 21.6. The van der Waals surface area contributed by atoms with Gasteiger partial charge in [-0.2, -0.15) is 0 Å². The van der Waals surface area contributed by atoms with E-state index in [0.29, 0.717) is 4.90 Å². The fraction of sp³-hybridized carbons (Fsp3) is 0.235. The van der Waals surface area contributed by atoms with E-state index < -0.39 is 45.2 Å². The maximum absolute atomic E-state index is 12.2. The predicted molar refractivity (Wildman–Crippen MR) is 92.7 cm³/mol. The number of nitrogens with two attached hydrogens (primary N) is 1. The molecule has 0 unspecified atom stereocenters. The summed E-state index contributed by atoms with van der Waals surface area (Å²) < 4.78 is 62.8. The number of ether oxygens (including phenoxy) is 1. The molecule has 3 N–H and O–H groups in total. The Morgan fingerprint density at radius 1 is 1.20 bits per heavy atom. The molecule has 2 aromatic rings. The van der Waals surface area contributed by atoms with Crippen LogP contribution in [0.15, 0.2) is 47.4 Å². The molecule has 1 heterocycles. The number of hydrogen-bond acceptors (Lipinski definition) is 5. The van der Waals surface area contributed by atoms with Crippen LogP contribution in [0.1, 0.15) is 28.7 Å². The maximum atomic E-state index is 12.2. The van der Waals surface area contributed by atoms with E-state index in [1.807, 2.05) is 0 Å². The highest BCUT2D eigenvalue weighted by molar-refractivity contribution is 7.89. The summed E-state index contributed by atoms with van der Waals surface area (Å²) in [5, 5.41) is 14.7. The highest BCUT2D eigenvalue weighted by Gasteiger charge is 2.27. The molecule has 0 atom stereocenters. The molecular weight excluding hydrogens is 344 g/mol. The molecule has 0 aliphatic carbocycles. The minimum Gasteiger partial charge on any atom is -0.478 e. The van der Waals surface area contributed by atoms with Gasteiger partial charge in [-0.3, -0.25) is 0 Å². The smallest absolute Gasteiger partial charge is 0.335 e. The topological polar surface area (TPSA) is 110 Å². The minimum absolute atomic E-state index is 0.182. The lowest BCUT2D eigenvalue weighted by atomic mass is 10.1. The van der Waals surface area contributed by atoms with Gasteiger partial charge in [0, 0.05) is 18.5 Å². The summed E-state index contributed by atoms with van der Waals surface area (Å²) in [5.74, 6) is -1.75. The van der Waals surface area contributed by atoms with E-state index in [0.717, 1.165) is 12.1 Å². The molecule has 2 aromatic carbocycles. The molecule has 0 saturated carbocycles. The summed E-state index contributed by atoms with van der Waals surface area (Å²) in [7, 11) is -4.50. The molecule has 132 valence electrons. The molecule has 0 bridgehead atoms. The first-order valence-corrected chi connectivity index (χ1v) is 8.85. The molecule has 0 amide bonds. The quantitative estimate of drug-likeness (QED) is 0.841. The second-order valence-electron chi connectivity index (χ2n) is 5.24. The average Bonchev–Trinajstić information content (AvgIpc) is 2.83. The van der Waals surface area contributed by atoms with Gasteiger partial charge < -0.3 is 14.7 Å². The van der Waals surface area contributed by atoms with Gasteiger partial charge in [0.1, 0.15) is 10.6 Å². The van der Waals surface area contributed by atoms with Crippen LogP contribution in [-0.4, -0.2) is 32.5 Å². The highest BCUT2D eigenvalue weighted by atomic mass is 32.2. The van der Waals surface area contributed by atoms with Crippen LogP contribution in [0.25, 0.3) is 0 Å². The minimum atomic E-state index is -4.50. The van der Waals surface area contributed by atoms with Gasteiger partial charge in [0.2, 0.25) is 10.0 Å². The molecular formula is C17H18N2O5S. The Morgan fingerprint density at radius 3 is 2.40 bits per heavy atom. The van der Waals surface area contributed by atoms with Crippen LogP contribution >= 0.6 is 0 Å². The van der Waals surface area contributed by atoms with Crippen molar-refractivity contribution in [2.24, 2.45) is 5.14 Å². The van der Waals surface area contributed by atoms with Crippen molar-refractivity contribution in [1.29, 1.82) is 0 Å². The van der Waals surface area contributed by atoms with Gasteiger partial charge in [-0.1, -0.05) is 18.2 Å². The van der Waals surface area contributed by atoms with Crippen LogP contribution in [0.3, 0.4) is 0 Å². The van der Waals surface area contributed by atoms with Crippen LogP contribution in [0.2, 0.25) is 0 Å². The summed E-state index contributed by atoms with van der Waals surface area (Å²) in [6, 6.07) is 9.73. The SMILES string of the molecule is [2H]C1([2H])CCC([2H])([2H])N1c1cc(C(=O)O)cc(S(N)(=O)=O)c1Oc1ccccc1. The van der Waals surface area contributed by atoms with E-state index in [2.05, 4.69) is 0 Å². The van der Waals surface area contributed by atoms with Crippen LogP contribution in [0.5, 0.6) is 11.5 Å². The van der Waals surface area contributed by atoms with Crippen molar-refractivity contribution >= 4 is 21.7 Å². The molecule has 1 aliphatic heterocycles. The largest absolute Gasteiger partial charge is 0.478 e. The van der Waals surface area contributed by atoms with E-state index in [4.69, 9.17) is 15.4 Å². The second kappa shape index (κ2) is 6.73. The van der Waals surface area contributed by atoms with Gasteiger partial charge in [-0.05, 0) is 37.1 Å². The fourth-order valence-corrected chi connectivity index (χ4v) is 3.05. The molecule has 1 fully saturated rings. The molecule has 1 saturated heterocycles. The van der Waals surface area contributed by atoms with Gasteiger partial charge in [-0.15, -0.1) is 0 Å². The number of carboxylic acid groups (broad SMARTS) is 1. The molecule has 7 nitrogen and oxygen atoms in total. The van der Waals surface area contributed by atoms with E-state index >= 15 is 0 Å². The number of primary sulfonamides is 1. The maximum Gasteiger partial charge on any atom is 0.335 e. The number of sulfonamides is 1. The van der Waals surface area contributed by atoms with Crippen molar-refractivity contribution in [1.82, 2.24) is 0 Å². The van der Waals surface area contributed by atoms with Crippen LogP contribution in [-0.2, 0) is 10.0 Å². The lowest BCUT2D eigenvalue weighted by Crippen LogP contribution is -2.21. The van der Waals surface area contributed by atoms with Gasteiger partial charge in [0.15, 0.2) is 5.75 Å². The molecule has 1 aliphatic rings. The summed E-state index contributed by atoms with van der Waals surface area (Å²) in [5.41, 5.74) is -0.854. The second-order valence-corrected chi connectivity index (χ2v) is 6.77. The van der Waals surface area contributed by atoms with Gasteiger partial charge in [0.05, 0.1) is 11.3 Å². The van der Waals surface area contributed by atoms with Crippen LogP contribution in [0.4, 0.5) is 5.69 Å².